The lowest BCUT2D eigenvalue weighted by Gasteiger charge is -2.20. The summed E-state index contributed by atoms with van der Waals surface area (Å²) in [7, 11) is 0. The SMILES string of the molecule is C=CC1C=C(/C=C\C)NC=C1CCCC. The average molecular weight is 203 g/mol. The molecule has 0 saturated heterocycles. The zero-order valence-corrected chi connectivity index (χ0v) is 9.79. The molecule has 0 aromatic rings. The van der Waals surface area contributed by atoms with Crippen molar-refractivity contribution in [2.45, 2.75) is 33.1 Å². The number of allylic oxidation sites excluding steroid dienone is 5. The Balaban J connectivity index is 2.66. The fourth-order valence-electron chi connectivity index (χ4n) is 1.74. The maximum Gasteiger partial charge on any atom is 0.0345 e. The van der Waals surface area contributed by atoms with Gasteiger partial charge in [0.05, 0.1) is 0 Å². The van der Waals surface area contributed by atoms with E-state index in [1.54, 1.807) is 0 Å². The number of nitrogens with one attached hydrogen (secondary N) is 1. The van der Waals surface area contributed by atoms with Crippen LogP contribution in [0, 0.1) is 5.92 Å². The molecule has 1 unspecified atom stereocenters. The Morgan fingerprint density at radius 2 is 2.33 bits per heavy atom. The highest BCUT2D eigenvalue weighted by Gasteiger charge is 2.12. The van der Waals surface area contributed by atoms with Gasteiger partial charge in [0.1, 0.15) is 0 Å². The molecule has 1 rings (SSSR count). The smallest absolute Gasteiger partial charge is 0.0345 e. The standard InChI is InChI=1S/C14H21N/c1-4-7-9-13-11-15-14(8-5-2)10-12(13)6-3/h5-6,8,10-12,15H,3-4,7,9H2,1-2H3/b8-5-. The van der Waals surface area contributed by atoms with Crippen LogP contribution in [-0.4, -0.2) is 0 Å². The van der Waals surface area contributed by atoms with Gasteiger partial charge in [-0.25, -0.2) is 0 Å². The maximum absolute atomic E-state index is 3.90. The first-order valence-corrected chi connectivity index (χ1v) is 5.74. The van der Waals surface area contributed by atoms with E-state index in [1.807, 2.05) is 19.1 Å². The van der Waals surface area contributed by atoms with Crippen LogP contribution in [0.4, 0.5) is 0 Å². The van der Waals surface area contributed by atoms with Gasteiger partial charge in [-0.15, -0.1) is 6.58 Å². The van der Waals surface area contributed by atoms with Crippen LogP contribution < -0.4 is 5.32 Å². The predicted molar refractivity (Wildman–Crippen MR) is 67.3 cm³/mol. The van der Waals surface area contributed by atoms with Crippen molar-refractivity contribution in [3.63, 3.8) is 0 Å². The summed E-state index contributed by atoms with van der Waals surface area (Å²) in [4.78, 5) is 0. The quantitative estimate of drug-likeness (QED) is 0.668. The van der Waals surface area contributed by atoms with Gasteiger partial charge in [-0.3, -0.25) is 0 Å². The summed E-state index contributed by atoms with van der Waals surface area (Å²) in [6.07, 6.45) is 14.2. The molecule has 0 fully saturated rings. The Labute approximate surface area is 93.3 Å². The van der Waals surface area contributed by atoms with Crippen molar-refractivity contribution in [3.8, 4) is 0 Å². The van der Waals surface area contributed by atoms with E-state index < -0.39 is 0 Å². The fraction of sp³-hybridized carbons (Fsp3) is 0.429. The monoisotopic (exact) mass is 203 g/mol. The summed E-state index contributed by atoms with van der Waals surface area (Å²) in [6.45, 7) is 8.15. The molecular weight excluding hydrogens is 182 g/mol. The van der Waals surface area contributed by atoms with Gasteiger partial charge in [0, 0.05) is 17.8 Å². The molecule has 1 heterocycles. The molecule has 0 saturated carbocycles. The van der Waals surface area contributed by atoms with Crippen molar-refractivity contribution >= 4 is 0 Å². The third-order valence-corrected chi connectivity index (χ3v) is 2.63. The van der Waals surface area contributed by atoms with E-state index in [2.05, 4.69) is 37.2 Å². The molecule has 0 spiro atoms. The van der Waals surface area contributed by atoms with E-state index in [4.69, 9.17) is 0 Å². The van der Waals surface area contributed by atoms with Crippen molar-refractivity contribution in [2.24, 2.45) is 5.92 Å². The van der Waals surface area contributed by atoms with Crippen molar-refractivity contribution in [1.82, 2.24) is 5.32 Å². The molecule has 0 amide bonds. The first-order valence-electron chi connectivity index (χ1n) is 5.74. The second-order valence-corrected chi connectivity index (χ2v) is 3.85. The van der Waals surface area contributed by atoms with Gasteiger partial charge in [0.25, 0.3) is 0 Å². The minimum Gasteiger partial charge on any atom is -0.362 e. The fourth-order valence-corrected chi connectivity index (χ4v) is 1.74. The Morgan fingerprint density at radius 3 is 2.93 bits per heavy atom. The molecule has 1 nitrogen and oxygen atoms in total. The zero-order chi connectivity index (χ0) is 11.1. The van der Waals surface area contributed by atoms with Gasteiger partial charge in [0.15, 0.2) is 0 Å². The number of unbranched alkanes of at least 4 members (excludes halogenated alkanes) is 1. The van der Waals surface area contributed by atoms with Crippen LogP contribution in [0.5, 0.6) is 0 Å². The van der Waals surface area contributed by atoms with E-state index in [9.17, 15) is 0 Å². The topological polar surface area (TPSA) is 12.0 Å². The lowest BCUT2D eigenvalue weighted by atomic mass is 9.92. The highest BCUT2D eigenvalue weighted by molar-refractivity contribution is 5.32. The van der Waals surface area contributed by atoms with Crippen LogP contribution in [0.2, 0.25) is 0 Å². The van der Waals surface area contributed by atoms with E-state index in [1.165, 1.54) is 30.5 Å². The van der Waals surface area contributed by atoms with Crippen molar-refractivity contribution in [2.75, 3.05) is 0 Å². The third kappa shape index (κ3) is 3.43. The van der Waals surface area contributed by atoms with E-state index >= 15 is 0 Å². The summed E-state index contributed by atoms with van der Waals surface area (Å²) < 4.78 is 0. The molecule has 0 aromatic heterocycles. The largest absolute Gasteiger partial charge is 0.362 e. The molecule has 82 valence electrons. The molecule has 0 bridgehead atoms. The zero-order valence-electron chi connectivity index (χ0n) is 9.79. The number of hydrogen-bond donors (Lipinski definition) is 1. The molecule has 0 radical (unpaired) electrons. The molecule has 1 aliphatic heterocycles. The molecule has 1 aliphatic rings. The molecule has 15 heavy (non-hydrogen) atoms. The first-order chi connectivity index (χ1) is 7.31. The minimum atomic E-state index is 0.406. The Bertz CT molecular complexity index is 294. The number of hydrogen-bond acceptors (Lipinski definition) is 1. The van der Waals surface area contributed by atoms with Crippen molar-refractivity contribution in [1.29, 1.82) is 0 Å². The van der Waals surface area contributed by atoms with E-state index in [0.717, 1.165) is 0 Å². The van der Waals surface area contributed by atoms with Crippen LogP contribution in [0.3, 0.4) is 0 Å². The van der Waals surface area contributed by atoms with Gasteiger partial charge in [-0.2, -0.15) is 0 Å². The maximum atomic E-state index is 3.90. The van der Waals surface area contributed by atoms with Crippen molar-refractivity contribution in [3.05, 3.63) is 48.4 Å². The molecule has 1 heteroatoms. The number of rotatable bonds is 5. The normalized spacial score (nSPS) is 20.8. The Kier molecular flexibility index (Phi) is 4.96. The predicted octanol–water partition coefficient (Wildman–Crippen LogP) is 3.93. The lowest BCUT2D eigenvalue weighted by molar-refractivity contribution is 0.720. The minimum absolute atomic E-state index is 0.406. The third-order valence-electron chi connectivity index (χ3n) is 2.63. The van der Waals surface area contributed by atoms with Gasteiger partial charge < -0.3 is 5.32 Å². The van der Waals surface area contributed by atoms with Crippen LogP contribution in [0.25, 0.3) is 0 Å². The van der Waals surface area contributed by atoms with Gasteiger partial charge in [-0.05, 0) is 37.5 Å². The molecule has 0 aliphatic carbocycles. The van der Waals surface area contributed by atoms with Crippen LogP contribution >= 0.6 is 0 Å². The van der Waals surface area contributed by atoms with Gasteiger partial charge in [0.2, 0.25) is 0 Å². The summed E-state index contributed by atoms with van der Waals surface area (Å²) in [5, 5.41) is 3.31. The van der Waals surface area contributed by atoms with Crippen molar-refractivity contribution < 1.29 is 0 Å². The first kappa shape index (κ1) is 11.8. The van der Waals surface area contributed by atoms with Gasteiger partial charge in [-0.1, -0.05) is 25.5 Å². The molecular formula is C14H21N. The Morgan fingerprint density at radius 1 is 1.53 bits per heavy atom. The number of dihydropyridines is 1. The molecule has 1 atom stereocenters. The van der Waals surface area contributed by atoms with E-state index in [0.29, 0.717) is 5.92 Å². The summed E-state index contributed by atoms with van der Waals surface area (Å²) in [5.41, 5.74) is 2.61. The summed E-state index contributed by atoms with van der Waals surface area (Å²) >= 11 is 0. The highest BCUT2D eigenvalue weighted by atomic mass is 14.9. The van der Waals surface area contributed by atoms with Gasteiger partial charge >= 0.3 is 0 Å². The summed E-state index contributed by atoms with van der Waals surface area (Å²) in [6, 6.07) is 0. The summed E-state index contributed by atoms with van der Waals surface area (Å²) in [5.74, 6) is 0.406. The van der Waals surface area contributed by atoms with E-state index in [-0.39, 0.29) is 0 Å². The second kappa shape index (κ2) is 6.28. The highest BCUT2D eigenvalue weighted by Crippen LogP contribution is 2.24. The molecule has 1 N–H and O–H groups in total. The van der Waals surface area contributed by atoms with Crippen LogP contribution in [-0.2, 0) is 0 Å². The lowest BCUT2D eigenvalue weighted by Crippen LogP contribution is -2.15. The van der Waals surface area contributed by atoms with Crippen LogP contribution in [0.15, 0.2) is 48.4 Å². The second-order valence-electron chi connectivity index (χ2n) is 3.85. The Hall–Kier alpha value is -1.24. The average Bonchev–Trinajstić information content (AvgIpc) is 2.27. The van der Waals surface area contributed by atoms with Crippen LogP contribution in [0.1, 0.15) is 33.1 Å². The molecule has 0 aromatic carbocycles.